The fourth-order valence-corrected chi connectivity index (χ4v) is 2.83. The molecule has 1 N–H and O–H groups in total. The molecule has 0 fully saturated rings. The summed E-state index contributed by atoms with van der Waals surface area (Å²) in [4.78, 5) is 4.13. The van der Waals surface area contributed by atoms with Crippen LogP contribution in [-0.2, 0) is 23.6 Å². The fraction of sp³-hybridized carbons (Fsp3) is 0.273. The first-order valence-corrected chi connectivity index (χ1v) is 6.86. The van der Waals surface area contributed by atoms with E-state index in [1.807, 2.05) is 6.07 Å². The second-order valence-corrected chi connectivity index (χ2v) is 5.67. The van der Waals surface area contributed by atoms with Gasteiger partial charge in [-0.2, -0.15) is 5.10 Å². The van der Waals surface area contributed by atoms with Crippen molar-refractivity contribution in [1.82, 2.24) is 19.5 Å². The second kappa shape index (κ2) is 4.87. The number of nitrogens with one attached hydrogen (secondary N) is 1. The van der Waals surface area contributed by atoms with Gasteiger partial charge in [0, 0.05) is 32.2 Å². The van der Waals surface area contributed by atoms with Gasteiger partial charge in [0.1, 0.15) is 4.90 Å². The maximum atomic E-state index is 12.1. The summed E-state index contributed by atoms with van der Waals surface area (Å²) >= 11 is 0. The van der Waals surface area contributed by atoms with E-state index in [2.05, 4.69) is 14.8 Å². The molecule has 2 aromatic rings. The van der Waals surface area contributed by atoms with Crippen molar-refractivity contribution in [1.29, 1.82) is 0 Å². The van der Waals surface area contributed by atoms with E-state index in [1.165, 1.54) is 10.9 Å². The Labute approximate surface area is 106 Å². The summed E-state index contributed by atoms with van der Waals surface area (Å²) in [6.45, 7) is 1.88. The first kappa shape index (κ1) is 12.7. The molecule has 0 aliphatic heterocycles. The Balaban J connectivity index is 2.16. The topological polar surface area (TPSA) is 76.9 Å². The minimum absolute atomic E-state index is 0.203. The average Bonchev–Trinajstić information content (AvgIpc) is 2.68. The Bertz CT molecular complexity index is 634. The van der Waals surface area contributed by atoms with Crippen LogP contribution in [0.15, 0.2) is 35.6 Å². The maximum absolute atomic E-state index is 12.1. The summed E-state index contributed by atoms with van der Waals surface area (Å²) in [6.07, 6.45) is 4.75. The number of aryl methyl sites for hydroxylation is 2. The molecular weight excluding hydrogens is 252 g/mol. The minimum Gasteiger partial charge on any atom is -0.274 e. The van der Waals surface area contributed by atoms with Crippen LogP contribution in [0.1, 0.15) is 11.3 Å². The number of nitrogens with zero attached hydrogens (tertiary/aromatic N) is 3. The summed E-state index contributed by atoms with van der Waals surface area (Å²) in [5.41, 5.74) is 1.29. The Morgan fingerprint density at radius 2 is 2.22 bits per heavy atom. The van der Waals surface area contributed by atoms with E-state index in [4.69, 9.17) is 0 Å². The lowest BCUT2D eigenvalue weighted by molar-refractivity contribution is 0.580. The van der Waals surface area contributed by atoms with Gasteiger partial charge in [-0.15, -0.1) is 0 Å². The van der Waals surface area contributed by atoms with Crippen LogP contribution in [0, 0.1) is 6.92 Å². The summed E-state index contributed by atoms with van der Waals surface area (Å²) < 4.78 is 28.1. The van der Waals surface area contributed by atoms with Crippen LogP contribution in [0.3, 0.4) is 0 Å². The van der Waals surface area contributed by atoms with Crippen molar-refractivity contribution in [3.8, 4) is 0 Å². The highest BCUT2D eigenvalue weighted by Gasteiger charge is 2.19. The average molecular weight is 266 g/mol. The highest BCUT2D eigenvalue weighted by atomic mass is 32.2. The van der Waals surface area contributed by atoms with E-state index >= 15 is 0 Å². The van der Waals surface area contributed by atoms with Crippen molar-refractivity contribution in [3.05, 3.63) is 42.0 Å². The van der Waals surface area contributed by atoms with E-state index < -0.39 is 10.0 Å². The number of aromatic nitrogens is 3. The highest BCUT2D eigenvalue weighted by Crippen LogP contribution is 2.12. The standard InChI is InChI=1S/C11H14N4O2S/c1-9-11(8-15(2)14-9)18(16,17)13-7-10-4-3-5-12-6-10/h3-6,8,13H,7H2,1-2H3. The molecule has 0 unspecified atom stereocenters. The molecule has 0 saturated carbocycles. The number of pyridine rings is 1. The SMILES string of the molecule is Cc1nn(C)cc1S(=O)(=O)NCc1cccnc1. The lowest BCUT2D eigenvalue weighted by Gasteiger charge is -2.05. The molecule has 0 amide bonds. The zero-order valence-electron chi connectivity index (χ0n) is 10.2. The second-order valence-electron chi connectivity index (χ2n) is 3.94. The molecule has 0 bridgehead atoms. The molecule has 2 heterocycles. The predicted molar refractivity (Wildman–Crippen MR) is 66.2 cm³/mol. The van der Waals surface area contributed by atoms with Gasteiger partial charge in [-0.3, -0.25) is 9.67 Å². The molecule has 96 valence electrons. The van der Waals surface area contributed by atoms with Crippen molar-refractivity contribution >= 4 is 10.0 Å². The van der Waals surface area contributed by atoms with Crippen LogP contribution in [0.4, 0.5) is 0 Å². The first-order chi connectivity index (χ1) is 8.49. The Morgan fingerprint density at radius 1 is 1.44 bits per heavy atom. The van der Waals surface area contributed by atoms with Gasteiger partial charge in [-0.25, -0.2) is 13.1 Å². The first-order valence-electron chi connectivity index (χ1n) is 5.38. The Kier molecular flexibility index (Phi) is 3.44. The number of hydrogen-bond acceptors (Lipinski definition) is 4. The number of hydrogen-bond donors (Lipinski definition) is 1. The quantitative estimate of drug-likeness (QED) is 0.879. The monoisotopic (exact) mass is 266 g/mol. The molecule has 2 rings (SSSR count). The lowest BCUT2D eigenvalue weighted by atomic mass is 10.3. The van der Waals surface area contributed by atoms with Gasteiger partial charge in [0.25, 0.3) is 0 Å². The maximum Gasteiger partial charge on any atom is 0.244 e. The summed E-state index contributed by atoms with van der Waals surface area (Å²) in [6, 6.07) is 3.57. The smallest absolute Gasteiger partial charge is 0.244 e. The molecular formula is C11H14N4O2S. The Hall–Kier alpha value is -1.73. The summed E-state index contributed by atoms with van der Waals surface area (Å²) in [5.74, 6) is 0. The van der Waals surface area contributed by atoms with Crippen LogP contribution < -0.4 is 4.72 Å². The van der Waals surface area contributed by atoms with Crippen LogP contribution >= 0.6 is 0 Å². The molecule has 0 atom stereocenters. The highest BCUT2D eigenvalue weighted by molar-refractivity contribution is 7.89. The lowest BCUT2D eigenvalue weighted by Crippen LogP contribution is -2.23. The van der Waals surface area contributed by atoms with Crippen molar-refractivity contribution in [2.24, 2.45) is 7.05 Å². The third kappa shape index (κ3) is 2.74. The third-order valence-electron chi connectivity index (χ3n) is 2.45. The van der Waals surface area contributed by atoms with Gasteiger partial charge in [0.05, 0.1) is 5.69 Å². The fourth-order valence-electron chi connectivity index (χ4n) is 1.60. The summed E-state index contributed by atoms with van der Waals surface area (Å²) in [5, 5.41) is 4.02. The van der Waals surface area contributed by atoms with Gasteiger partial charge in [0.2, 0.25) is 10.0 Å². The van der Waals surface area contributed by atoms with Gasteiger partial charge in [0.15, 0.2) is 0 Å². The molecule has 7 heteroatoms. The molecule has 2 aromatic heterocycles. The van der Waals surface area contributed by atoms with Crippen LogP contribution in [0.2, 0.25) is 0 Å². The van der Waals surface area contributed by atoms with E-state index in [0.29, 0.717) is 5.69 Å². The van der Waals surface area contributed by atoms with E-state index in [-0.39, 0.29) is 11.4 Å². The van der Waals surface area contributed by atoms with Gasteiger partial charge in [-0.05, 0) is 18.6 Å². The van der Waals surface area contributed by atoms with E-state index in [0.717, 1.165) is 5.56 Å². The molecule has 0 spiro atoms. The number of rotatable bonds is 4. The molecule has 0 saturated heterocycles. The van der Waals surface area contributed by atoms with Crippen LogP contribution in [0.25, 0.3) is 0 Å². The van der Waals surface area contributed by atoms with E-state index in [1.54, 1.807) is 32.4 Å². The van der Waals surface area contributed by atoms with Crippen molar-refractivity contribution in [2.75, 3.05) is 0 Å². The van der Waals surface area contributed by atoms with Crippen LogP contribution in [0.5, 0.6) is 0 Å². The summed E-state index contributed by atoms with van der Waals surface area (Å²) in [7, 11) is -1.84. The molecule has 0 radical (unpaired) electrons. The zero-order chi connectivity index (χ0) is 13.2. The number of sulfonamides is 1. The molecule has 6 nitrogen and oxygen atoms in total. The third-order valence-corrected chi connectivity index (χ3v) is 3.95. The Morgan fingerprint density at radius 3 is 2.78 bits per heavy atom. The molecule has 0 aliphatic rings. The van der Waals surface area contributed by atoms with Gasteiger partial charge < -0.3 is 0 Å². The van der Waals surface area contributed by atoms with Crippen molar-refractivity contribution < 1.29 is 8.42 Å². The zero-order valence-corrected chi connectivity index (χ0v) is 11.0. The minimum atomic E-state index is -3.53. The normalized spacial score (nSPS) is 11.7. The van der Waals surface area contributed by atoms with Crippen molar-refractivity contribution in [3.63, 3.8) is 0 Å². The van der Waals surface area contributed by atoms with Gasteiger partial charge in [-0.1, -0.05) is 6.07 Å². The van der Waals surface area contributed by atoms with Crippen molar-refractivity contribution in [2.45, 2.75) is 18.4 Å². The van der Waals surface area contributed by atoms with Crippen LogP contribution in [-0.4, -0.2) is 23.2 Å². The predicted octanol–water partition coefficient (Wildman–Crippen LogP) is 0.602. The molecule has 0 aromatic carbocycles. The molecule has 18 heavy (non-hydrogen) atoms. The molecule has 0 aliphatic carbocycles. The largest absolute Gasteiger partial charge is 0.274 e. The van der Waals surface area contributed by atoms with Gasteiger partial charge >= 0.3 is 0 Å². The van der Waals surface area contributed by atoms with E-state index in [9.17, 15) is 8.42 Å².